The summed E-state index contributed by atoms with van der Waals surface area (Å²) in [5.74, 6) is 0.982. The molecular formula is C16H26N4O2. The number of aromatic nitrogens is 1. The molecule has 1 aliphatic rings. The van der Waals surface area contributed by atoms with Crippen LogP contribution < -0.4 is 11.1 Å². The van der Waals surface area contributed by atoms with Gasteiger partial charge >= 0.3 is 6.09 Å². The molecular weight excluding hydrogens is 280 g/mol. The van der Waals surface area contributed by atoms with Gasteiger partial charge in [-0.25, -0.2) is 9.78 Å². The standard InChI is InChI=1S/C16H26N4O2/c1-3-22-16(21)20-8-4-5-14(11-20)12(2)19-10-13-6-7-18-15(17)9-13/h6-7,9,12,14,19H,3-5,8,10-11H2,1-2H3,(H2,17,18). The largest absolute Gasteiger partial charge is 0.450 e. The number of pyridine rings is 1. The minimum atomic E-state index is -0.193. The molecule has 0 saturated carbocycles. The van der Waals surface area contributed by atoms with E-state index in [0.717, 1.165) is 38.0 Å². The van der Waals surface area contributed by atoms with E-state index in [2.05, 4.69) is 17.2 Å². The predicted molar refractivity (Wildman–Crippen MR) is 86.3 cm³/mol. The summed E-state index contributed by atoms with van der Waals surface area (Å²) < 4.78 is 5.10. The Labute approximate surface area is 132 Å². The summed E-state index contributed by atoms with van der Waals surface area (Å²) in [6.45, 7) is 6.74. The number of nitrogen functional groups attached to an aromatic ring is 1. The van der Waals surface area contributed by atoms with Crippen molar-refractivity contribution in [1.29, 1.82) is 0 Å². The highest BCUT2D eigenvalue weighted by atomic mass is 16.6. The highest BCUT2D eigenvalue weighted by molar-refractivity contribution is 5.67. The second-order valence-corrected chi connectivity index (χ2v) is 5.81. The molecule has 122 valence electrons. The van der Waals surface area contributed by atoms with Gasteiger partial charge in [-0.05, 0) is 50.3 Å². The van der Waals surface area contributed by atoms with Crippen LogP contribution in [0.1, 0.15) is 32.3 Å². The zero-order chi connectivity index (χ0) is 15.9. The molecule has 0 radical (unpaired) electrons. The van der Waals surface area contributed by atoms with Gasteiger partial charge in [-0.3, -0.25) is 0 Å². The lowest BCUT2D eigenvalue weighted by molar-refractivity contribution is 0.0830. The Kier molecular flexibility index (Phi) is 6.00. The van der Waals surface area contributed by atoms with Crippen LogP contribution in [-0.2, 0) is 11.3 Å². The molecule has 22 heavy (non-hydrogen) atoms. The van der Waals surface area contributed by atoms with Crippen molar-refractivity contribution in [3.63, 3.8) is 0 Å². The van der Waals surface area contributed by atoms with Crippen molar-refractivity contribution in [3.8, 4) is 0 Å². The number of hydrogen-bond acceptors (Lipinski definition) is 5. The smallest absolute Gasteiger partial charge is 0.409 e. The topological polar surface area (TPSA) is 80.5 Å². The van der Waals surface area contributed by atoms with Crippen molar-refractivity contribution in [2.24, 2.45) is 5.92 Å². The fourth-order valence-electron chi connectivity index (χ4n) is 2.85. The molecule has 2 rings (SSSR count). The average molecular weight is 306 g/mol. The summed E-state index contributed by atoms with van der Waals surface area (Å²) in [6, 6.07) is 4.17. The third-order valence-corrected chi connectivity index (χ3v) is 4.16. The Bertz CT molecular complexity index is 495. The molecule has 3 N–H and O–H groups in total. The second kappa shape index (κ2) is 7.98. The third-order valence-electron chi connectivity index (χ3n) is 4.16. The fraction of sp³-hybridized carbons (Fsp3) is 0.625. The van der Waals surface area contributed by atoms with E-state index < -0.39 is 0 Å². The minimum Gasteiger partial charge on any atom is -0.450 e. The van der Waals surface area contributed by atoms with E-state index in [1.165, 1.54) is 0 Å². The average Bonchev–Trinajstić information content (AvgIpc) is 2.53. The van der Waals surface area contributed by atoms with Crippen molar-refractivity contribution in [3.05, 3.63) is 23.9 Å². The van der Waals surface area contributed by atoms with Gasteiger partial charge in [-0.15, -0.1) is 0 Å². The molecule has 1 amide bonds. The van der Waals surface area contributed by atoms with Crippen LogP contribution in [-0.4, -0.2) is 41.7 Å². The van der Waals surface area contributed by atoms with E-state index in [1.807, 2.05) is 24.0 Å². The normalized spacial score (nSPS) is 19.7. The number of amides is 1. The summed E-state index contributed by atoms with van der Waals surface area (Å²) in [6.07, 6.45) is 3.68. The van der Waals surface area contributed by atoms with E-state index in [1.54, 1.807) is 6.20 Å². The quantitative estimate of drug-likeness (QED) is 0.870. The first kappa shape index (κ1) is 16.5. The summed E-state index contributed by atoms with van der Waals surface area (Å²) in [5, 5.41) is 3.53. The highest BCUT2D eigenvalue weighted by Crippen LogP contribution is 2.20. The van der Waals surface area contributed by atoms with Crippen LogP contribution in [0.25, 0.3) is 0 Å². The first-order valence-corrected chi connectivity index (χ1v) is 7.95. The maximum atomic E-state index is 11.8. The van der Waals surface area contributed by atoms with Crippen LogP contribution >= 0.6 is 0 Å². The Balaban J connectivity index is 1.83. The fourth-order valence-corrected chi connectivity index (χ4v) is 2.85. The number of piperidine rings is 1. The molecule has 1 aliphatic heterocycles. The minimum absolute atomic E-state index is 0.193. The molecule has 2 unspecified atom stereocenters. The van der Waals surface area contributed by atoms with Crippen molar-refractivity contribution < 1.29 is 9.53 Å². The van der Waals surface area contributed by atoms with Gasteiger partial charge in [-0.2, -0.15) is 0 Å². The predicted octanol–water partition coefficient (Wildman–Crippen LogP) is 2.01. The van der Waals surface area contributed by atoms with Gasteiger partial charge in [0.2, 0.25) is 0 Å². The molecule has 2 atom stereocenters. The van der Waals surface area contributed by atoms with Gasteiger partial charge in [0.1, 0.15) is 5.82 Å². The van der Waals surface area contributed by atoms with E-state index in [-0.39, 0.29) is 6.09 Å². The summed E-state index contributed by atoms with van der Waals surface area (Å²) >= 11 is 0. The number of likely N-dealkylation sites (tertiary alicyclic amines) is 1. The maximum absolute atomic E-state index is 11.8. The molecule has 1 aromatic rings. The summed E-state index contributed by atoms with van der Waals surface area (Å²) in [7, 11) is 0. The van der Waals surface area contributed by atoms with Gasteiger partial charge in [-0.1, -0.05) is 0 Å². The first-order chi connectivity index (χ1) is 10.6. The molecule has 6 nitrogen and oxygen atoms in total. The van der Waals surface area contributed by atoms with Crippen LogP contribution in [0.3, 0.4) is 0 Å². The van der Waals surface area contributed by atoms with E-state index in [4.69, 9.17) is 10.5 Å². The monoisotopic (exact) mass is 306 g/mol. The Morgan fingerprint density at radius 1 is 1.64 bits per heavy atom. The van der Waals surface area contributed by atoms with E-state index >= 15 is 0 Å². The zero-order valence-corrected chi connectivity index (χ0v) is 13.4. The first-order valence-electron chi connectivity index (χ1n) is 7.95. The number of nitrogens with one attached hydrogen (secondary N) is 1. The lowest BCUT2D eigenvalue weighted by Gasteiger charge is -2.35. The maximum Gasteiger partial charge on any atom is 0.409 e. The van der Waals surface area contributed by atoms with E-state index in [0.29, 0.717) is 24.4 Å². The Morgan fingerprint density at radius 3 is 3.18 bits per heavy atom. The van der Waals surface area contributed by atoms with Crippen molar-refractivity contribution >= 4 is 11.9 Å². The number of rotatable bonds is 5. The Morgan fingerprint density at radius 2 is 2.45 bits per heavy atom. The van der Waals surface area contributed by atoms with Gasteiger partial charge < -0.3 is 20.7 Å². The van der Waals surface area contributed by atoms with E-state index in [9.17, 15) is 4.79 Å². The van der Waals surface area contributed by atoms with Crippen LogP contribution in [0.2, 0.25) is 0 Å². The third kappa shape index (κ3) is 4.59. The van der Waals surface area contributed by atoms with Crippen molar-refractivity contribution in [1.82, 2.24) is 15.2 Å². The highest BCUT2D eigenvalue weighted by Gasteiger charge is 2.27. The number of nitrogens with two attached hydrogens (primary N) is 1. The van der Waals surface area contributed by atoms with Crippen LogP contribution in [0.15, 0.2) is 18.3 Å². The molecule has 0 bridgehead atoms. The van der Waals surface area contributed by atoms with Crippen LogP contribution in [0, 0.1) is 5.92 Å². The van der Waals surface area contributed by atoms with Crippen molar-refractivity contribution in [2.75, 3.05) is 25.4 Å². The van der Waals surface area contributed by atoms with Gasteiger partial charge in [0.15, 0.2) is 0 Å². The van der Waals surface area contributed by atoms with Gasteiger partial charge in [0.05, 0.1) is 6.61 Å². The molecule has 0 aromatic carbocycles. The van der Waals surface area contributed by atoms with Crippen LogP contribution in [0.5, 0.6) is 0 Å². The van der Waals surface area contributed by atoms with Crippen molar-refractivity contribution in [2.45, 2.75) is 39.3 Å². The summed E-state index contributed by atoms with van der Waals surface area (Å²) in [4.78, 5) is 17.7. The molecule has 6 heteroatoms. The number of ether oxygens (including phenoxy) is 1. The number of hydrogen-bond donors (Lipinski definition) is 2. The number of carbonyl (C=O) groups is 1. The SMILES string of the molecule is CCOC(=O)N1CCCC(C(C)NCc2ccnc(N)c2)C1. The number of carbonyl (C=O) groups excluding carboxylic acids is 1. The van der Waals surface area contributed by atoms with Gasteiger partial charge in [0.25, 0.3) is 0 Å². The Hall–Kier alpha value is -1.82. The molecule has 0 spiro atoms. The molecule has 2 heterocycles. The lowest BCUT2D eigenvalue weighted by atomic mass is 9.91. The lowest BCUT2D eigenvalue weighted by Crippen LogP contribution is -2.46. The number of anilines is 1. The number of nitrogens with zero attached hydrogens (tertiary/aromatic N) is 2. The van der Waals surface area contributed by atoms with Crippen LogP contribution in [0.4, 0.5) is 10.6 Å². The molecule has 1 aromatic heterocycles. The molecule has 1 fully saturated rings. The molecule has 1 saturated heterocycles. The zero-order valence-electron chi connectivity index (χ0n) is 13.4. The summed E-state index contributed by atoms with van der Waals surface area (Å²) in [5.41, 5.74) is 6.81. The molecule has 0 aliphatic carbocycles. The van der Waals surface area contributed by atoms with Gasteiger partial charge in [0, 0.05) is 31.9 Å². The second-order valence-electron chi connectivity index (χ2n) is 5.81.